The maximum Gasteiger partial charge on any atom is 0.282 e. The number of hydrogen-bond donors (Lipinski definition) is 0. The maximum atomic E-state index is 14.3. The summed E-state index contributed by atoms with van der Waals surface area (Å²) < 4.78 is 66.7. The molecule has 0 spiro atoms. The molecule has 0 saturated heterocycles. The molecule has 0 heterocycles. The van der Waals surface area contributed by atoms with Crippen molar-refractivity contribution >= 4 is 55.4 Å². The molecule has 50 heavy (non-hydrogen) atoms. The SMILES string of the molecule is Cc1ccc(S(=O)(=O)N=P(C#CP(=NS(=O)(=O)c2ccc(C)cc2)(c2ccccc2)c2ccccc2)(c2ccccc2)c2ccccc2)cc1. The van der Waals surface area contributed by atoms with Crippen LogP contribution < -0.4 is 21.2 Å². The largest absolute Gasteiger partial charge is 0.282 e. The first-order valence-electron chi connectivity index (χ1n) is 15.7. The number of benzene rings is 6. The van der Waals surface area contributed by atoms with E-state index in [1.165, 1.54) is 0 Å². The molecular formula is C40H34N2O4P2S2. The van der Waals surface area contributed by atoms with Crippen molar-refractivity contribution in [3.63, 3.8) is 0 Å². The summed E-state index contributed by atoms with van der Waals surface area (Å²) in [4.78, 5) is 0.0832. The van der Waals surface area contributed by atoms with Crippen LogP contribution in [0, 0.1) is 25.2 Å². The van der Waals surface area contributed by atoms with Crippen molar-refractivity contribution in [1.29, 1.82) is 0 Å². The fourth-order valence-corrected chi connectivity index (χ4v) is 16.2. The van der Waals surface area contributed by atoms with Gasteiger partial charge in [-0.25, -0.2) is 0 Å². The fraction of sp³-hybridized carbons (Fsp3) is 0.0500. The van der Waals surface area contributed by atoms with E-state index in [9.17, 15) is 16.8 Å². The molecule has 0 atom stereocenters. The number of hydrogen-bond acceptors (Lipinski definition) is 4. The molecule has 0 aliphatic rings. The molecule has 0 radical (unpaired) electrons. The van der Waals surface area contributed by atoms with Gasteiger partial charge in [0.05, 0.1) is 9.79 Å². The molecule has 0 unspecified atom stereocenters. The van der Waals surface area contributed by atoms with Crippen molar-refractivity contribution in [2.75, 3.05) is 0 Å². The van der Waals surface area contributed by atoms with Crippen molar-refractivity contribution in [3.8, 4) is 11.3 Å². The van der Waals surface area contributed by atoms with Gasteiger partial charge in [-0.05, 0) is 49.4 Å². The third-order valence-corrected chi connectivity index (χ3v) is 18.6. The van der Waals surface area contributed by atoms with E-state index in [4.69, 9.17) is 8.30 Å². The zero-order chi connectivity index (χ0) is 35.2. The summed E-state index contributed by atoms with van der Waals surface area (Å²) in [6.45, 7) is 3.77. The molecule has 6 aromatic rings. The van der Waals surface area contributed by atoms with Gasteiger partial charge in [0.1, 0.15) is 14.1 Å². The minimum Gasteiger partial charge on any atom is -0.199 e. The second-order valence-electron chi connectivity index (χ2n) is 11.6. The Balaban J connectivity index is 1.80. The first kappa shape index (κ1) is 35.1. The summed E-state index contributed by atoms with van der Waals surface area (Å²) >= 11 is 0. The molecule has 0 N–H and O–H groups in total. The van der Waals surface area contributed by atoms with Gasteiger partial charge in [-0.1, -0.05) is 157 Å². The van der Waals surface area contributed by atoms with E-state index in [1.54, 1.807) is 48.5 Å². The first-order chi connectivity index (χ1) is 24.0. The molecule has 0 saturated carbocycles. The zero-order valence-corrected chi connectivity index (χ0v) is 30.8. The van der Waals surface area contributed by atoms with Gasteiger partial charge >= 0.3 is 0 Å². The smallest absolute Gasteiger partial charge is 0.199 e. The maximum absolute atomic E-state index is 14.3. The van der Waals surface area contributed by atoms with Crippen LogP contribution in [0.15, 0.2) is 188 Å². The number of rotatable bonds is 8. The van der Waals surface area contributed by atoms with Crippen LogP contribution in [0.2, 0.25) is 0 Å². The highest BCUT2D eigenvalue weighted by molar-refractivity contribution is 8.00. The summed E-state index contributed by atoms with van der Waals surface area (Å²) in [6, 6.07) is 49.7. The Bertz CT molecular complexity index is 2250. The molecule has 6 nitrogen and oxygen atoms in total. The number of aryl methyl sites for hydroxylation is 2. The highest BCUT2D eigenvalue weighted by Gasteiger charge is 2.32. The lowest BCUT2D eigenvalue weighted by molar-refractivity contribution is 0.596. The lowest BCUT2D eigenvalue weighted by Gasteiger charge is -2.23. The predicted octanol–water partition coefficient (Wildman–Crippen LogP) is 8.00. The van der Waals surface area contributed by atoms with Gasteiger partial charge < -0.3 is 0 Å². The molecule has 6 aromatic carbocycles. The molecule has 0 bridgehead atoms. The highest BCUT2D eigenvalue weighted by atomic mass is 32.2. The van der Waals surface area contributed by atoms with E-state index in [2.05, 4.69) is 11.3 Å². The average molecular weight is 733 g/mol. The van der Waals surface area contributed by atoms with Crippen LogP contribution in [-0.4, -0.2) is 16.8 Å². The summed E-state index contributed by atoms with van der Waals surface area (Å²) in [6.07, 6.45) is 0. The van der Waals surface area contributed by atoms with Crippen LogP contribution in [0.5, 0.6) is 0 Å². The monoisotopic (exact) mass is 732 g/mol. The lowest BCUT2D eigenvalue weighted by atomic mass is 10.2. The van der Waals surface area contributed by atoms with Gasteiger partial charge in [0, 0.05) is 21.2 Å². The highest BCUT2D eigenvalue weighted by Crippen LogP contribution is 2.53. The van der Waals surface area contributed by atoms with Crippen molar-refractivity contribution in [1.82, 2.24) is 0 Å². The van der Waals surface area contributed by atoms with Gasteiger partial charge in [0.15, 0.2) is 0 Å². The molecule has 0 aromatic heterocycles. The topological polar surface area (TPSA) is 93.0 Å². The summed E-state index contributed by atoms with van der Waals surface area (Å²) in [5, 5.41) is 2.43. The quantitative estimate of drug-likeness (QED) is 0.117. The van der Waals surface area contributed by atoms with Gasteiger partial charge in [-0.3, -0.25) is 0 Å². The van der Waals surface area contributed by atoms with E-state index in [-0.39, 0.29) is 9.79 Å². The second-order valence-corrected chi connectivity index (χ2v) is 20.8. The minimum atomic E-state index is -4.27. The van der Waals surface area contributed by atoms with E-state index in [0.717, 1.165) is 11.1 Å². The lowest BCUT2D eigenvalue weighted by Crippen LogP contribution is -2.18. The van der Waals surface area contributed by atoms with Crippen molar-refractivity contribution in [3.05, 3.63) is 181 Å². The minimum absolute atomic E-state index is 0.0416. The second kappa shape index (κ2) is 14.6. The molecule has 10 heteroatoms. The summed E-state index contributed by atoms with van der Waals surface area (Å²) in [5.74, 6) is 0. The van der Waals surface area contributed by atoms with E-state index in [1.807, 2.05) is 135 Å². The molecule has 6 rings (SSSR count). The Morgan fingerprint density at radius 2 is 0.620 bits per heavy atom. The van der Waals surface area contributed by atoms with Crippen LogP contribution in [0.3, 0.4) is 0 Å². The van der Waals surface area contributed by atoms with Crippen LogP contribution in [-0.2, 0) is 20.0 Å². The third kappa shape index (κ3) is 7.38. The van der Waals surface area contributed by atoms with Crippen LogP contribution in [0.1, 0.15) is 11.1 Å². The molecule has 250 valence electrons. The summed E-state index contributed by atoms with van der Waals surface area (Å²) in [7, 11) is -15.6. The Labute approximate surface area is 295 Å². The molecule has 0 amide bonds. The molecular weight excluding hydrogens is 699 g/mol. The van der Waals surface area contributed by atoms with Crippen LogP contribution in [0.4, 0.5) is 0 Å². The van der Waals surface area contributed by atoms with Gasteiger partial charge in [0.25, 0.3) is 20.0 Å². The molecule has 0 aliphatic heterocycles. The third-order valence-electron chi connectivity index (χ3n) is 7.99. The standard InChI is InChI=1S/C40H34N2O4P2S2/c1-33-23-27-39(28-24-33)49(43,44)41-47(35-15-7-3-8-16-35,36-17-9-4-10-18-36)31-32-48(37-19-11-5-12-20-37,38-21-13-6-14-22-38)42-50(45,46)40-29-25-34(2)26-30-40/h3-30H,1-2H3. The molecule has 0 aliphatic carbocycles. The first-order valence-corrected chi connectivity index (χ1v) is 22.1. The number of sulfonamides is 2. The van der Waals surface area contributed by atoms with Crippen molar-refractivity contribution < 1.29 is 16.8 Å². The Kier molecular flexibility index (Phi) is 10.3. The molecule has 0 fully saturated rings. The predicted molar refractivity (Wildman–Crippen MR) is 208 cm³/mol. The Morgan fingerprint density at radius 1 is 0.380 bits per heavy atom. The number of nitrogens with zero attached hydrogens (tertiary/aromatic N) is 2. The van der Waals surface area contributed by atoms with Crippen molar-refractivity contribution in [2.24, 2.45) is 8.30 Å². The van der Waals surface area contributed by atoms with E-state index >= 15 is 0 Å². The van der Waals surface area contributed by atoms with Gasteiger partial charge in [-0.2, -0.15) is 25.1 Å². The van der Waals surface area contributed by atoms with E-state index < -0.39 is 34.2 Å². The van der Waals surface area contributed by atoms with Crippen LogP contribution in [0.25, 0.3) is 0 Å². The fourth-order valence-electron chi connectivity index (χ4n) is 5.34. The van der Waals surface area contributed by atoms with E-state index in [0.29, 0.717) is 21.2 Å². The Morgan fingerprint density at radius 3 is 0.860 bits per heavy atom. The summed E-state index contributed by atoms with van der Waals surface area (Å²) in [5.41, 5.74) is 8.68. The Hall–Kier alpha value is -4.76. The van der Waals surface area contributed by atoms with Crippen molar-refractivity contribution in [2.45, 2.75) is 23.6 Å². The van der Waals surface area contributed by atoms with Crippen LogP contribution >= 0.6 is 14.1 Å². The van der Waals surface area contributed by atoms with Gasteiger partial charge in [0.2, 0.25) is 0 Å². The van der Waals surface area contributed by atoms with Gasteiger partial charge in [-0.15, -0.1) is 0 Å². The zero-order valence-electron chi connectivity index (χ0n) is 27.4. The normalized spacial score (nSPS) is 12.0. The average Bonchev–Trinajstić information content (AvgIpc) is 3.14.